The predicted octanol–water partition coefficient (Wildman–Crippen LogP) is 10.3. The zero-order valence-electron chi connectivity index (χ0n) is 22.2. The van der Waals surface area contributed by atoms with Crippen molar-refractivity contribution in [3.05, 3.63) is 137 Å². The molecule has 7 rings (SSSR count). The lowest BCUT2D eigenvalue weighted by molar-refractivity contribution is 0.185. The molecule has 0 spiro atoms. The molecular formula is C37H27ClO2. The van der Waals surface area contributed by atoms with Crippen molar-refractivity contribution in [3.63, 3.8) is 0 Å². The van der Waals surface area contributed by atoms with E-state index in [0.717, 1.165) is 16.3 Å². The molecule has 0 saturated heterocycles. The summed E-state index contributed by atoms with van der Waals surface area (Å²) in [4.78, 5) is 0. The Morgan fingerprint density at radius 3 is 1.98 bits per heavy atom. The molecule has 0 bridgehead atoms. The van der Waals surface area contributed by atoms with E-state index in [9.17, 15) is 0 Å². The zero-order chi connectivity index (χ0) is 27.1. The standard InChI is InChI=1S/C37H27ClO2/c1-39-22-29-6-2-4-8-32(29)27-17-19-33-28(20-27)15-14-25-12-13-26-11-10-24-16-18-31(21-34(24)37(26)36(25)33)40-23-30-7-3-5-9-35(30)38/h2-21H,22-23H2,1H3. The Bertz CT molecular complexity index is 2040. The maximum atomic E-state index is 6.37. The average molecular weight is 539 g/mol. The van der Waals surface area contributed by atoms with Gasteiger partial charge in [0.25, 0.3) is 0 Å². The molecule has 3 heteroatoms. The molecule has 0 N–H and O–H groups in total. The van der Waals surface area contributed by atoms with Crippen LogP contribution in [0.1, 0.15) is 11.1 Å². The monoisotopic (exact) mass is 538 g/mol. The second-order valence-electron chi connectivity index (χ2n) is 10.2. The molecule has 194 valence electrons. The van der Waals surface area contributed by atoms with Gasteiger partial charge in [0.05, 0.1) is 6.61 Å². The Kier molecular flexibility index (Phi) is 6.36. The molecule has 0 aliphatic heterocycles. The summed E-state index contributed by atoms with van der Waals surface area (Å²) >= 11 is 6.37. The SMILES string of the molecule is COCc1ccccc1-c1ccc2c(ccc3ccc4ccc5ccc(OCc6ccccc6Cl)cc5c4c32)c1. The molecule has 0 radical (unpaired) electrons. The quantitative estimate of drug-likeness (QED) is 0.196. The molecule has 0 heterocycles. The van der Waals surface area contributed by atoms with Gasteiger partial charge in [0, 0.05) is 17.7 Å². The highest BCUT2D eigenvalue weighted by Gasteiger charge is 2.12. The van der Waals surface area contributed by atoms with Gasteiger partial charge in [-0.05, 0) is 84.0 Å². The lowest BCUT2D eigenvalue weighted by atomic mass is 9.91. The zero-order valence-corrected chi connectivity index (χ0v) is 22.9. The lowest BCUT2D eigenvalue weighted by Crippen LogP contribution is -1.96. The minimum Gasteiger partial charge on any atom is -0.489 e. The van der Waals surface area contributed by atoms with Crippen LogP contribution in [0.25, 0.3) is 54.2 Å². The van der Waals surface area contributed by atoms with Gasteiger partial charge in [0.15, 0.2) is 0 Å². The Labute approximate surface area is 238 Å². The van der Waals surface area contributed by atoms with Gasteiger partial charge in [-0.1, -0.05) is 109 Å². The maximum Gasteiger partial charge on any atom is 0.120 e. The van der Waals surface area contributed by atoms with Crippen LogP contribution < -0.4 is 4.74 Å². The third-order valence-corrected chi connectivity index (χ3v) is 8.12. The first kappa shape index (κ1) is 24.7. The fourth-order valence-corrected chi connectivity index (χ4v) is 5.99. The summed E-state index contributed by atoms with van der Waals surface area (Å²) in [5.41, 5.74) is 4.56. The second-order valence-corrected chi connectivity index (χ2v) is 10.6. The number of fused-ring (bicyclic) bond motifs is 7. The van der Waals surface area contributed by atoms with Gasteiger partial charge < -0.3 is 9.47 Å². The second kappa shape index (κ2) is 10.3. The molecule has 0 fully saturated rings. The fraction of sp³-hybridized carbons (Fsp3) is 0.0811. The molecule has 7 aromatic rings. The van der Waals surface area contributed by atoms with Crippen LogP contribution in [0, 0.1) is 0 Å². The molecule has 0 amide bonds. The van der Waals surface area contributed by atoms with Gasteiger partial charge in [-0.15, -0.1) is 0 Å². The molecule has 0 aliphatic carbocycles. The highest BCUT2D eigenvalue weighted by molar-refractivity contribution is 6.31. The van der Waals surface area contributed by atoms with E-state index in [1.54, 1.807) is 7.11 Å². The van der Waals surface area contributed by atoms with E-state index >= 15 is 0 Å². The predicted molar refractivity (Wildman–Crippen MR) is 168 cm³/mol. The van der Waals surface area contributed by atoms with Crippen LogP contribution in [0.3, 0.4) is 0 Å². The van der Waals surface area contributed by atoms with Crippen molar-refractivity contribution in [3.8, 4) is 16.9 Å². The smallest absolute Gasteiger partial charge is 0.120 e. The number of hydrogen-bond acceptors (Lipinski definition) is 2. The Morgan fingerprint density at radius 1 is 0.550 bits per heavy atom. The van der Waals surface area contributed by atoms with Gasteiger partial charge in [0.1, 0.15) is 12.4 Å². The summed E-state index contributed by atoms with van der Waals surface area (Å²) < 4.78 is 11.7. The molecule has 0 aromatic heterocycles. The average Bonchev–Trinajstić information content (AvgIpc) is 3.00. The molecule has 0 unspecified atom stereocenters. The van der Waals surface area contributed by atoms with Gasteiger partial charge in [0.2, 0.25) is 0 Å². The van der Waals surface area contributed by atoms with Crippen LogP contribution in [-0.2, 0) is 18.0 Å². The first-order chi connectivity index (χ1) is 19.7. The summed E-state index contributed by atoms with van der Waals surface area (Å²) in [5, 5.41) is 10.5. The Hall–Kier alpha value is -4.37. The molecule has 0 atom stereocenters. The van der Waals surface area contributed by atoms with Gasteiger partial charge >= 0.3 is 0 Å². The van der Waals surface area contributed by atoms with Crippen LogP contribution in [0.15, 0.2) is 121 Å². The maximum absolute atomic E-state index is 6.37. The van der Waals surface area contributed by atoms with Crippen LogP contribution in [-0.4, -0.2) is 7.11 Å². The van der Waals surface area contributed by atoms with Crippen molar-refractivity contribution in [2.45, 2.75) is 13.2 Å². The largest absolute Gasteiger partial charge is 0.489 e. The van der Waals surface area contributed by atoms with Crippen molar-refractivity contribution in [1.82, 2.24) is 0 Å². The van der Waals surface area contributed by atoms with E-state index < -0.39 is 0 Å². The van der Waals surface area contributed by atoms with E-state index in [-0.39, 0.29) is 0 Å². The van der Waals surface area contributed by atoms with Crippen molar-refractivity contribution < 1.29 is 9.47 Å². The van der Waals surface area contributed by atoms with E-state index in [4.69, 9.17) is 21.1 Å². The number of ether oxygens (including phenoxy) is 2. The van der Waals surface area contributed by atoms with E-state index in [1.807, 2.05) is 30.3 Å². The van der Waals surface area contributed by atoms with Crippen LogP contribution >= 0.6 is 11.6 Å². The van der Waals surface area contributed by atoms with Gasteiger partial charge in [-0.2, -0.15) is 0 Å². The molecule has 2 nitrogen and oxygen atoms in total. The van der Waals surface area contributed by atoms with Gasteiger partial charge in [-0.25, -0.2) is 0 Å². The highest BCUT2D eigenvalue weighted by Crippen LogP contribution is 2.39. The lowest BCUT2D eigenvalue weighted by Gasteiger charge is -2.14. The minimum atomic E-state index is 0.424. The number of benzene rings is 7. The number of methoxy groups -OCH3 is 1. The third kappa shape index (κ3) is 4.36. The first-order valence-corrected chi connectivity index (χ1v) is 13.8. The van der Waals surface area contributed by atoms with Crippen LogP contribution in [0.4, 0.5) is 0 Å². The highest BCUT2D eigenvalue weighted by atomic mass is 35.5. The topological polar surface area (TPSA) is 18.5 Å². The minimum absolute atomic E-state index is 0.424. The van der Waals surface area contributed by atoms with Crippen molar-refractivity contribution >= 4 is 54.7 Å². The summed E-state index contributed by atoms with van der Waals surface area (Å²) in [5.74, 6) is 0.828. The molecule has 40 heavy (non-hydrogen) atoms. The summed E-state index contributed by atoms with van der Waals surface area (Å²) in [6.07, 6.45) is 0. The van der Waals surface area contributed by atoms with Crippen molar-refractivity contribution in [2.75, 3.05) is 7.11 Å². The first-order valence-electron chi connectivity index (χ1n) is 13.4. The molecule has 0 saturated carbocycles. The summed E-state index contributed by atoms with van der Waals surface area (Å²) in [7, 11) is 1.74. The summed E-state index contributed by atoms with van der Waals surface area (Å²) in [6.45, 7) is 1.01. The van der Waals surface area contributed by atoms with Crippen LogP contribution in [0.2, 0.25) is 5.02 Å². The number of hydrogen-bond donors (Lipinski definition) is 0. The molecular weight excluding hydrogens is 512 g/mol. The van der Waals surface area contributed by atoms with E-state index in [0.29, 0.717) is 13.2 Å². The van der Waals surface area contributed by atoms with E-state index in [1.165, 1.54) is 59.8 Å². The number of halogens is 1. The Balaban J connectivity index is 1.40. The Morgan fingerprint density at radius 2 is 1.20 bits per heavy atom. The molecule has 0 aliphatic rings. The fourth-order valence-electron chi connectivity index (χ4n) is 5.79. The molecule has 7 aromatic carbocycles. The van der Waals surface area contributed by atoms with Gasteiger partial charge in [-0.3, -0.25) is 0 Å². The van der Waals surface area contributed by atoms with Crippen molar-refractivity contribution in [1.29, 1.82) is 0 Å². The van der Waals surface area contributed by atoms with E-state index in [2.05, 4.69) is 91.0 Å². The number of rotatable bonds is 6. The van der Waals surface area contributed by atoms with Crippen molar-refractivity contribution in [2.24, 2.45) is 0 Å². The normalized spacial score (nSPS) is 11.6. The summed E-state index contributed by atoms with van der Waals surface area (Å²) in [6, 6.07) is 42.7. The third-order valence-electron chi connectivity index (χ3n) is 7.75. The van der Waals surface area contributed by atoms with Crippen LogP contribution in [0.5, 0.6) is 5.75 Å².